The number of hydrogen-bond donors (Lipinski definition) is 2. The predicted octanol–water partition coefficient (Wildman–Crippen LogP) is -1.25. The Morgan fingerprint density at radius 3 is 2.69 bits per heavy atom. The van der Waals surface area contributed by atoms with E-state index in [1.165, 1.54) is 12.1 Å². The molecule has 1 aromatic carbocycles. The molecule has 1 rings (SSSR count). The van der Waals surface area contributed by atoms with Crippen LogP contribution in [0.4, 0.5) is 0 Å². The molecule has 0 heterocycles. The molecule has 0 radical (unpaired) electrons. The van der Waals surface area contributed by atoms with E-state index in [-0.39, 0.29) is 5.75 Å². The van der Waals surface area contributed by atoms with E-state index in [0.717, 1.165) is 0 Å². The zero-order valence-electron chi connectivity index (χ0n) is 6.71. The minimum Gasteiger partial charge on any atom is -0.772 e. The third-order valence-corrected chi connectivity index (χ3v) is 2.10. The van der Waals surface area contributed by atoms with Gasteiger partial charge in [0.1, 0.15) is 0 Å². The molecule has 0 saturated carbocycles. The summed E-state index contributed by atoms with van der Waals surface area (Å²) in [7, 11) is -1.56. The van der Waals surface area contributed by atoms with Gasteiger partial charge in [0.25, 0.3) is 0 Å². The average molecular weight is 199 g/mol. The Kier molecular flexibility index (Phi) is 3.62. The van der Waals surface area contributed by atoms with Gasteiger partial charge in [-0.05, 0) is 11.0 Å². The molecule has 0 saturated heterocycles. The van der Waals surface area contributed by atoms with Crippen molar-refractivity contribution in [2.75, 3.05) is 0 Å². The van der Waals surface area contributed by atoms with Crippen LogP contribution in [0.1, 0.15) is 5.56 Å². The summed E-state index contributed by atoms with van der Waals surface area (Å²) in [6.07, 6.45) is 0. The van der Waals surface area contributed by atoms with Crippen LogP contribution in [0.2, 0.25) is 0 Å². The largest absolute Gasteiger partial charge is 0.772 e. The van der Waals surface area contributed by atoms with Gasteiger partial charge in [-0.15, -0.1) is 0 Å². The summed E-state index contributed by atoms with van der Waals surface area (Å²) in [6.45, 7) is 0. The minimum atomic E-state index is -2.15. The Hall–Kier alpha value is -0.685. The molecule has 0 aliphatic rings. The zero-order chi connectivity index (χ0) is 9.84. The molecule has 13 heavy (non-hydrogen) atoms. The average Bonchev–Trinajstić information content (AvgIpc) is 2.03. The molecule has 70 valence electrons. The third kappa shape index (κ3) is 3.27. The summed E-state index contributed by atoms with van der Waals surface area (Å²) in [5.74, 6) is -0.111. The highest BCUT2D eigenvalue weighted by Crippen LogP contribution is 2.00. The normalized spacial score (nSPS) is 12.5. The maximum absolute atomic E-state index is 10.3. The first kappa shape index (κ1) is 10.4. The van der Waals surface area contributed by atoms with E-state index in [1.54, 1.807) is 12.1 Å². The highest BCUT2D eigenvalue weighted by Gasteiger charge is 2.10. The van der Waals surface area contributed by atoms with Gasteiger partial charge in [-0.3, -0.25) is 4.21 Å². The van der Waals surface area contributed by atoms with Gasteiger partial charge in [0.15, 0.2) is 0 Å². The van der Waals surface area contributed by atoms with Crippen LogP contribution < -0.4 is 5.46 Å². The monoisotopic (exact) mass is 199 g/mol. The molecule has 0 amide bonds. The second-order valence-electron chi connectivity index (χ2n) is 2.57. The van der Waals surface area contributed by atoms with Crippen LogP contribution in [0.5, 0.6) is 0 Å². The fourth-order valence-electron chi connectivity index (χ4n) is 0.980. The molecule has 1 atom stereocenters. The molecule has 1 unspecified atom stereocenters. The fraction of sp³-hybridized carbons (Fsp3) is 0.143. The molecule has 1 aromatic rings. The van der Waals surface area contributed by atoms with Gasteiger partial charge in [0, 0.05) is 5.75 Å². The maximum atomic E-state index is 10.3. The Morgan fingerprint density at radius 2 is 2.15 bits per heavy atom. The Balaban J connectivity index is 2.85. The highest BCUT2D eigenvalue weighted by atomic mass is 32.2. The molecule has 2 N–H and O–H groups in total. The molecule has 0 aliphatic carbocycles. The SMILES string of the molecule is O=S([O-])Cc1cccc(B(O)O)c1. The summed E-state index contributed by atoms with van der Waals surface area (Å²) in [4.78, 5) is 0. The second-order valence-corrected chi connectivity index (χ2v) is 3.46. The van der Waals surface area contributed by atoms with Crippen LogP contribution in [0.25, 0.3) is 0 Å². The third-order valence-electron chi connectivity index (χ3n) is 1.53. The minimum absolute atomic E-state index is 0.111. The van der Waals surface area contributed by atoms with Crippen molar-refractivity contribution in [1.29, 1.82) is 0 Å². The first-order valence-corrected chi connectivity index (χ1v) is 4.85. The summed E-state index contributed by atoms with van der Waals surface area (Å²) in [5, 5.41) is 17.6. The Morgan fingerprint density at radius 1 is 1.46 bits per heavy atom. The summed E-state index contributed by atoms with van der Waals surface area (Å²) < 4.78 is 20.6. The van der Waals surface area contributed by atoms with Crippen molar-refractivity contribution < 1.29 is 18.8 Å². The van der Waals surface area contributed by atoms with Crippen molar-refractivity contribution >= 4 is 23.7 Å². The van der Waals surface area contributed by atoms with Gasteiger partial charge in [-0.25, -0.2) is 0 Å². The van der Waals surface area contributed by atoms with Crippen LogP contribution in [0.3, 0.4) is 0 Å². The molecule has 0 aliphatic heterocycles. The van der Waals surface area contributed by atoms with Crippen molar-refractivity contribution in [1.82, 2.24) is 0 Å². The lowest BCUT2D eigenvalue weighted by molar-refractivity contribution is 0.425. The van der Waals surface area contributed by atoms with E-state index >= 15 is 0 Å². The van der Waals surface area contributed by atoms with E-state index in [2.05, 4.69) is 0 Å². The van der Waals surface area contributed by atoms with E-state index in [4.69, 9.17) is 10.0 Å². The van der Waals surface area contributed by atoms with E-state index in [9.17, 15) is 8.76 Å². The van der Waals surface area contributed by atoms with Gasteiger partial charge in [0.2, 0.25) is 0 Å². The van der Waals surface area contributed by atoms with Crippen LogP contribution in [-0.4, -0.2) is 25.9 Å². The lowest BCUT2D eigenvalue weighted by Crippen LogP contribution is -2.29. The first-order valence-electron chi connectivity index (χ1n) is 3.60. The standard InChI is InChI=1S/C7H9BO4S/c9-8(10)7-3-1-2-6(4-7)5-13(11)12/h1-4,9-10H,5H2,(H,11,12)/p-1. The fourth-order valence-corrected chi connectivity index (χ4v) is 1.43. The van der Waals surface area contributed by atoms with E-state index in [0.29, 0.717) is 11.0 Å². The van der Waals surface area contributed by atoms with Crippen molar-refractivity contribution in [3.05, 3.63) is 29.8 Å². The van der Waals surface area contributed by atoms with Crippen molar-refractivity contribution in [2.45, 2.75) is 5.75 Å². The van der Waals surface area contributed by atoms with Gasteiger partial charge in [-0.1, -0.05) is 35.3 Å². The van der Waals surface area contributed by atoms with Crippen LogP contribution in [-0.2, 0) is 16.8 Å². The Bertz CT molecular complexity index is 315. The summed E-state index contributed by atoms with van der Waals surface area (Å²) in [6, 6.07) is 6.15. The molecule has 4 nitrogen and oxygen atoms in total. The van der Waals surface area contributed by atoms with E-state index < -0.39 is 18.2 Å². The van der Waals surface area contributed by atoms with Crippen molar-refractivity contribution in [2.24, 2.45) is 0 Å². The quantitative estimate of drug-likeness (QED) is 0.470. The van der Waals surface area contributed by atoms with Crippen LogP contribution in [0.15, 0.2) is 24.3 Å². The van der Waals surface area contributed by atoms with Gasteiger partial charge in [0.05, 0.1) is 0 Å². The van der Waals surface area contributed by atoms with Crippen molar-refractivity contribution in [3.8, 4) is 0 Å². The van der Waals surface area contributed by atoms with Gasteiger partial charge >= 0.3 is 7.12 Å². The number of hydrogen-bond acceptors (Lipinski definition) is 4. The van der Waals surface area contributed by atoms with Gasteiger partial charge in [-0.2, -0.15) is 0 Å². The number of benzene rings is 1. The smallest absolute Gasteiger partial charge is 0.488 e. The summed E-state index contributed by atoms with van der Waals surface area (Å²) >= 11 is -2.15. The van der Waals surface area contributed by atoms with Crippen LogP contribution in [0, 0.1) is 0 Å². The maximum Gasteiger partial charge on any atom is 0.488 e. The molecular formula is C7H8BO4S-. The van der Waals surface area contributed by atoms with E-state index in [1.807, 2.05) is 0 Å². The van der Waals surface area contributed by atoms with Crippen molar-refractivity contribution in [3.63, 3.8) is 0 Å². The second kappa shape index (κ2) is 4.52. The molecule has 0 aromatic heterocycles. The lowest BCUT2D eigenvalue weighted by Gasteiger charge is -2.06. The molecular weight excluding hydrogens is 191 g/mol. The predicted molar refractivity (Wildman–Crippen MR) is 48.9 cm³/mol. The molecule has 6 heteroatoms. The highest BCUT2D eigenvalue weighted by molar-refractivity contribution is 7.78. The first-order chi connectivity index (χ1) is 6.09. The molecule has 0 fully saturated rings. The molecule has 0 bridgehead atoms. The van der Waals surface area contributed by atoms with Gasteiger partial charge < -0.3 is 14.6 Å². The Labute approximate surface area is 78.7 Å². The molecule has 0 spiro atoms. The summed E-state index contributed by atoms with van der Waals surface area (Å²) in [5.41, 5.74) is 0.835. The van der Waals surface area contributed by atoms with Crippen LogP contribution >= 0.6 is 0 Å². The lowest BCUT2D eigenvalue weighted by atomic mass is 9.80. The topological polar surface area (TPSA) is 80.6 Å². The zero-order valence-corrected chi connectivity index (χ0v) is 7.53. The number of rotatable bonds is 3.